The van der Waals surface area contributed by atoms with Crippen LogP contribution in [0, 0.1) is 0 Å². The van der Waals surface area contributed by atoms with Crippen molar-refractivity contribution in [3.63, 3.8) is 0 Å². The summed E-state index contributed by atoms with van der Waals surface area (Å²) in [6.45, 7) is 4.78. The highest BCUT2D eigenvalue weighted by molar-refractivity contribution is 7.90. The number of aliphatic hydroxyl groups is 1. The van der Waals surface area contributed by atoms with Gasteiger partial charge in [-0.1, -0.05) is 5.16 Å². The summed E-state index contributed by atoms with van der Waals surface area (Å²) in [5.74, 6) is 1.40. The Bertz CT molecular complexity index is 1160. The molecule has 0 radical (unpaired) electrons. The summed E-state index contributed by atoms with van der Waals surface area (Å²) in [5, 5.41) is 16.1. The van der Waals surface area contributed by atoms with Gasteiger partial charge in [0.05, 0.1) is 24.6 Å². The van der Waals surface area contributed by atoms with E-state index in [2.05, 4.69) is 21.5 Å². The number of unbranched alkanes of at least 4 members (excludes halogenated alkanes) is 2. The monoisotopic (exact) mass is 517 g/mol. The third kappa shape index (κ3) is 6.26. The van der Waals surface area contributed by atoms with Crippen LogP contribution in [0.2, 0.25) is 0 Å². The fraction of sp³-hybridized carbons (Fsp3) is 0.520. The van der Waals surface area contributed by atoms with Gasteiger partial charge in [-0.2, -0.15) is 12.7 Å². The first-order valence-electron chi connectivity index (χ1n) is 12.6. The van der Waals surface area contributed by atoms with Gasteiger partial charge in [0.2, 0.25) is 0 Å². The lowest BCUT2D eigenvalue weighted by molar-refractivity contribution is 0.158. The molecular weight excluding hydrogens is 482 g/mol. The van der Waals surface area contributed by atoms with Crippen molar-refractivity contribution < 1.29 is 23.1 Å². The Morgan fingerprint density at radius 1 is 1.14 bits per heavy atom. The molecule has 2 heterocycles. The lowest BCUT2D eigenvalue weighted by Gasteiger charge is -2.20. The Hall–Kier alpha value is -2.89. The highest BCUT2D eigenvalue weighted by Gasteiger charge is 2.36. The van der Waals surface area contributed by atoms with Gasteiger partial charge in [0.15, 0.2) is 0 Å². The lowest BCUT2D eigenvalue weighted by Crippen LogP contribution is -2.33. The van der Waals surface area contributed by atoms with Crippen molar-refractivity contribution in [1.82, 2.24) is 9.29 Å². The smallest absolute Gasteiger partial charge is 0.304 e. The number of benzene rings is 1. The van der Waals surface area contributed by atoms with E-state index in [0.29, 0.717) is 50.9 Å². The van der Waals surface area contributed by atoms with Crippen molar-refractivity contribution in [2.24, 2.45) is 5.16 Å². The second-order valence-electron chi connectivity index (χ2n) is 8.71. The number of ether oxygens (including phenoxy) is 1. The molecular formula is C25H35N5O5S. The molecule has 2 aliphatic rings. The zero-order valence-corrected chi connectivity index (χ0v) is 21.5. The summed E-state index contributed by atoms with van der Waals surface area (Å²) in [7, 11) is -3.56. The quantitative estimate of drug-likeness (QED) is 0.310. The topological polar surface area (TPSA) is 117 Å². The molecule has 1 aromatic heterocycles. The minimum atomic E-state index is -3.56. The van der Waals surface area contributed by atoms with Crippen molar-refractivity contribution in [3.05, 3.63) is 47.7 Å². The maximum absolute atomic E-state index is 13.0. The minimum Gasteiger partial charge on any atom is -0.494 e. The number of pyridine rings is 1. The largest absolute Gasteiger partial charge is 0.494 e. The standard InChI is InChI=1S/C25H35N5O5S/c1-2-35-28-24-9-6-20-18-22(7-8-23(20)24)34-17-5-3-4-13-29-14-15-30(36(29,32)33)21-10-11-26-25(19-21)27-12-16-31/h7-8,10-11,18-19,31H,2-6,9,12-17H2,1H3,(H,26,27)/b28-24+. The van der Waals surface area contributed by atoms with Gasteiger partial charge in [-0.3, -0.25) is 4.31 Å². The van der Waals surface area contributed by atoms with Crippen molar-refractivity contribution in [2.75, 3.05) is 55.6 Å². The lowest BCUT2D eigenvalue weighted by atomic mass is 10.1. The predicted molar refractivity (Wildman–Crippen MR) is 140 cm³/mol. The molecule has 1 saturated heterocycles. The highest BCUT2D eigenvalue weighted by atomic mass is 32.2. The van der Waals surface area contributed by atoms with Gasteiger partial charge in [-0.15, -0.1) is 0 Å². The molecule has 36 heavy (non-hydrogen) atoms. The molecule has 2 N–H and O–H groups in total. The maximum atomic E-state index is 13.0. The van der Waals surface area contributed by atoms with Gasteiger partial charge in [0.25, 0.3) is 0 Å². The average Bonchev–Trinajstić information content (AvgIpc) is 3.42. The van der Waals surface area contributed by atoms with Gasteiger partial charge in [-0.05, 0) is 68.9 Å². The maximum Gasteiger partial charge on any atom is 0.304 e. The van der Waals surface area contributed by atoms with Crippen LogP contribution in [0.4, 0.5) is 11.5 Å². The molecule has 1 aromatic carbocycles. The Labute approximate surface area is 213 Å². The van der Waals surface area contributed by atoms with Gasteiger partial charge >= 0.3 is 10.2 Å². The molecule has 0 spiro atoms. The zero-order chi connectivity index (χ0) is 25.4. The van der Waals surface area contributed by atoms with Gasteiger partial charge < -0.3 is 20.0 Å². The second kappa shape index (κ2) is 12.4. The Morgan fingerprint density at radius 3 is 2.86 bits per heavy atom. The summed E-state index contributed by atoms with van der Waals surface area (Å²) < 4.78 is 34.9. The Balaban J connectivity index is 1.20. The van der Waals surface area contributed by atoms with E-state index in [1.165, 1.54) is 14.2 Å². The molecule has 11 heteroatoms. The molecule has 0 saturated carbocycles. The molecule has 0 unspecified atom stereocenters. The van der Waals surface area contributed by atoms with Crippen LogP contribution in [-0.2, 0) is 21.5 Å². The number of hydrogen-bond acceptors (Lipinski definition) is 8. The van der Waals surface area contributed by atoms with E-state index < -0.39 is 10.2 Å². The predicted octanol–water partition coefficient (Wildman–Crippen LogP) is 2.79. The number of aryl methyl sites for hydroxylation is 1. The molecule has 0 amide bonds. The minimum absolute atomic E-state index is 0.0227. The third-order valence-corrected chi connectivity index (χ3v) is 8.22. The third-order valence-electron chi connectivity index (χ3n) is 6.25. The first kappa shape index (κ1) is 26.2. The normalized spacial score (nSPS) is 17.9. The summed E-state index contributed by atoms with van der Waals surface area (Å²) in [4.78, 5) is 9.37. The van der Waals surface area contributed by atoms with E-state index in [4.69, 9.17) is 14.7 Å². The van der Waals surface area contributed by atoms with Crippen LogP contribution in [-0.4, -0.2) is 74.5 Å². The molecule has 0 bridgehead atoms. The summed E-state index contributed by atoms with van der Waals surface area (Å²) in [5.41, 5.74) is 3.95. The second-order valence-corrected chi connectivity index (χ2v) is 10.6. The molecule has 2 aromatic rings. The number of nitrogens with one attached hydrogen (secondary N) is 1. The molecule has 196 valence electrons. The van der Waals surface area contributed by atoms with Gasteiger partial charge in [0.1, 0.15) is 18.2 Å². The number of anilines is 2. The van der Waals surface area contributed by atoms with Crippen molar-refractivity contribution in [1.29, 1.82) is 0 Å². The fourth-order valence-corrected chi connectivity index (χ4v) is 6.09. The Morgan fingerprint density at radius 2 is 2.03 bits per heavy atom. The van der Waals surface area contributed by atoms with E-state index in [-0.39, 0.29) is 6.61 Å². The van der Waals surface area contributed by atoms with Crippen LogP contribution in [0.3, 0.4) is 0 Å². The molecule has 1 aliphatic heterocycles. The van der Waals surface area contributed by atoms with Crippen LogP contribution in [0.15, 0.2) is 41.7 Å². The van der Waals surface area contributed by atoms with Crippen molar-refractivity contribution >= 4 is 27.4 Å². The Kier molecular flexibility index (Phi) is 9.00. The number of oxime groups is 1. The SMILES string of the molecule is CCO/N=C1\CCc2cc(OCCCCCN3CCN(c4ccnc(NCCO)c4)S3(=O)=O)ccc21. The van der Waals surface area contributed by atoms with Crippen LogP contribution in [0.25, 0.3) is 0 Å². The molecule has 0 atom stereocenters. The first-order chi connectivity index (χ1) is 17.5. The van der Waals surface area contributed by atoms with Crippen LogP contribution >= 0.6 is 0 Å². The van der Waals surface area contributed by atoms with Gasteiger partial charge in [-0.25, -0.2) is 4.98 Å². The number of fused-ring (bicyclic) bond motifs is 1. The van der Waals surface area contributed by atoms with E-state index in [1.807, 2.05) is 19.1 Å². The summed E-state index contributed by atoms with van der Waals surface area (Å²) in [6, 6.07) is 9.49. The van der Waals surface area contributed by atoms with E-state index >= 15 is 0 Å². The number of rotatable bonds is 13. The molecule has 4 rings (SSSR count). The van der Waals surface area contributed by atoms with Crippen LogP contribution in [0.5, 0.6) is 5.75 Å². The molecule has 1 fully saturated rings. The highest BCUT2D eigenvalue weighted by Crippen LogP contribution is 2.28. The molecule has 1 aliphatic carbocycles. The van der Waals surface area contributed by atoms with Crippen LogP contribution in [0.1, 0.15) is 43.7 Å². The first-order valence-corrected chi connectivity index (χ1v) is 14.0. The van der Waals surface area contributed by atoms with E-state index in [0.717, 1.165) is 49.1 Å². The fourth-order valence-electron chi connectivity index (χ4n) is 4.45. The van der Waals surface area contributed by atoms with E-state index in [9.17, 15) is 8.42 Å². The zero-order valence-electron chi connectivity index (χ0n) is 20.7. The number of hydrogen-bond donors (Lipinski definition) is 2. The van der Waals surface area contributed by atoms with Gasteiger partial charge in [0, 0.05) is 44.0 Å². The number of aliphatic hydroxyl groups excluding tert-OH is 1. The van der Waals surface area contributed by atoms with Crippen LogP contribution < -0.4 is 14.4 Å². The van der Waals surface area contributed by atoms with E-state index in [1.54, 1.807) is 18.3 Å². The van der Waals surface area contributed by atoms with Crippen molar-refractivity contribution in [3.8, 4) is 5.75 Å². The summed E-state index contributed by atoms with van der Waals surface area (Å²) in [6.07, 6.45) is 5.92. The number of nitrogens with zero attached hydrogens (tertiary/aromatic N) is 4. The molecule has 10 nitrogen and oxygen atoms in total. The van der Waals surface area contributed by atoms with Crippen molar-refractivity contribution in [2.45, 2.75) is 39.0 Å². The average molecular weight is 518 g/mol. The summed E-state index contributed by atoms with van der Waals surface area (Å²) >= 11 is 0. The number of aromatic nitrogens is 1.